The van der Waals surface area contributed by atoms with Gasteiger partial charge in [-0.05, 0) is 0 Å². The second-order valence-corrected chi connectivity index (χ2v) is 2.90. The normalized spacial score (nSPS) is 13.6. The predicted octanol–water partition coefficient (Wildman–Crippen LogP) is 2.75. The standard InChI is InChI=1S/C10H9F3O2/c1-15-9(10(11,12)13)8-5-3-2-4-7(8)6-14/h2-6,9H,1H3/t9-/m0/s1. The number of carbonyl (C=O) groups excluding carboxylic acids is 1. The molecule has 1 rings (SSSR count). The van der Waals surface area contributed by atoms with Gasteiger partial charge in [0.2, 0.25) is 0 Å². The Morgan fingerprint density at radius 1 is 1.33 bits per heavy atom. The van der Waals surface area contributed by atoms with Crippen molar-refractivity contribution >= 4 is 6.29 Å². The minimum absolute atomic E-state index is 0.0123. The van der Waals surface area contributed by atoms with E-state index in [-0.39, 0.29) is 11.1 Å². The highest BCUT2D eigenvalue weighted by molar-refractivity contribution is 5.77. The zero-order valence-corrected chi connectivity index (χ0v) is 7.91. The van der Waals surface area contributed by atoms with Crippen LogP contribution in [0, 0.1) is 0 Å². The molecular weight excluding hydrogens is 209 g/mol. The van der Waals surface area contributed by atoms with E-state index in [1.54, 1.807) is 0 Å². The fourth-order valence-corrected chi connectivity index (χ4v) is 1.29. The van der Waals surface area contributed by atoms with Crippen LogP contribution in [-0.4, -0.2) is 19.6 Å². The lowest BCUT2D eigenvalue weighted by Gasteiger charge is -2.20. The molecule has 0 spiro atoms. The van der Waals surface area contributed by atoms with Gasteiger partial charge in [-0.3, -0.25) is 4.79 Å². The molecule has 0 aliphatic rings. The Kier molecular flexibility index (Phi) is 3.47. The highest BCUT2D eigenvalue weighted by atomic mass is 19.4. The summed E-state index contributed by atoms with van der Waals surface area (Å²) in [5.41, 5.74) is -0.177. The van der Waals surface area contributed by atoms with Gasteiger partial charge in [0.05, 0.1) is 0 Å². The third-order valence-electron chi connectivity index (χ3n) is 1.94. The summed E-state index contributed by atoms with van der Waals surface area (Å²) in [5, 5.41) is 0. The number of aldehydes is 1. The maximum Gasteiger partial charge on any atom is 0.418 e. The summed E-state index contributed by atoms with van der Waals surface area (Å²) in [6.07, 6.45) is -6.19. The van der Waals surface area contributed by atoms with E-state index >= 15 is 0 Å². The zero-order chi connectivity index (χ0) is 11.5. The summed E-state index contributed by atoms with van der Waals surface area (Å²) in [4.78, 5) is 10.6. The molecule has 0 unspecified atom stereocenters. The fourth-order valence-electron chi connectivity index (χ4n) is 1.29. The molecule has 0 saturated heterocycles. The summed E-state index contributed by atoms with van der Waals surface area (Å²) in [7, 11) is 0.958. The molecule has 0 saturated carbocycles. The SMILES string of the molecule is CO[C@@H](c1ccccc1C=O)C(F)(F)F. The second-order valence-electron chi connectivity index (χ2n) is 2.90. The van der Waals surface area contributed by atoms with Crippen LogP contribution < -0.4 is 0 Å². The van der Waals surface area contributed by atoms with Gasteiger partial charge in [0, 0.05) is 18.2 Å². The molecule has 5 heteroatoms. The number of halogens is 3. The molecule has 0 bridgehead atoms. The van der Waals surface area contributed by atoms with E-state index in [9.17, 15) is 18.0 Å². The predicted molar refractivity (Wildman–Crippen MR) is 47.6 cm³/mol. The Balaban J connectivity index is 3.17. The number of hydrogen-bond acceptors (Lipinski definition) is 2. The fraction of sp³-hybridized carbons (Fsp3) is 0.300. The minimum atomic E-state index is -4.52. The lowest BCUT2D eigenvalue weighted by molar-refractivity contribution is -0.216. The Hall–Kier alpha value is -1.36. The number of rotatable bonds is 3. The molecule has 0 aliphatic heterocycles. The van der Waals surface area contributed by atoms with Crippen molar-refractivity contribution in [3.63, 3.8) is 0 Å². The molecule has 82 valence electrons. The van der Waals surface area contributed by atoms with Crippen molar-refractivity contribution in [2.45, 2.75) is 12.3 Å². The van der Waals surface area contributed by atoms with Gasteiger partial charge >= 0.3 is 6.18 Å². The molecule has 0 N–H and O–H groups in total. The van der Waals surface area contributed by atoms with Crippen LogP contribution in [0.5, 0.6) is 0 Å². The molecule has 0 aromatic heterocycles. The van der Waals surface area contributed by atoms with Gasteiger partial charge in [0.25, 0.3) is 0 Å². The van der Waals surface area contributed by atoms with Gasteiger partial charge in [-0.1, -0.05) is 24.3 Å². The number of ether oxygens (including phenoxy) is 1. The zero-order valence-electron chi connectivity index (χ0n) is 7.91. The van der Waals surface area contributed by atoms with E-state index in [1.807, 2.05) is 0 Å². The van der Waals surface area contributed by atoms with E-state index in [0.29, 0.717) is 6.29 Å². The third kappa shape index (κ3) is 2.56. The first-order chi connectivity index (χ1) is 7.00. The smallest absolute Gasteiger partial charge is 0.367 e. The van der Waals surface area contributed by atoms with Crippen molar-refractivity contribution < 1.29 is 22.7 Å². The Morgan fingerprint density at radius 3 is 2.40 bits per heavy atom. The molecule has 0 fully saturated rings. The van der Waals surface area contributed by atoms with Crippen molar-refractivity contribution in [3.8, 4) is 0 Å². The van der Waals surface area contributed by atoms with Crippen LogP contribution in [0.25, 0.3) is 0 Å². The average Bonchev–Trinajstić information content (AvgIpc) is 2.17. The van der Waals surface area contributed by atoms with Crippen molar-refractivity contribution in [3.05, 3.63) is 35.4 Å². The highest BCUT2D eigenvalue weighted by Crippen LogP contribution is 2.36. The van der Waals surface area contributed by atoms with Crippen molar-refractivity contribution in [1.29, 1.82) is 0 Å². The quantitative estimate of drug-likeness (QED) is 0.729. The van der Waals surface area contributed by atoms with Crippen molar-refractivity contribution in [2.24, 2.45) is 0 Å². The highest BCUT2D eigenvalue weighted by Gasteiger charge is 2.42. The molecule has 1 atom stereocenters. The topological polar surface area (TPSA) is 26.3 Å². The molecule has 1 aromatic rings. The van der Waals surface area contributed by atoms with Gasteiger partial charge in [-0.25, -0.2) is 0 Å². The summed E-state index contributed by atoms with van der Waals surface area (Å²) in [5.74, 6) is 0. The molecular formula is C10H9F3O2. The van der Waals surface area contributed by atoms with E-state index in [0.717, 1.165) is 7.11 Å². The van der Waals surface area contributed by atoms with Crippen molar-refractivity contribution in [1.82, 2.24) is 0 Å². The van der Waals surface area contributed by atoms with Gasteiger partial charge in [0.15, 0.2) is 6.10 Å². The number of alkyl halides is 3. The molecule has 15 heavy (non-hydrogen) atoms. The Morgan fingerprint density at radius 2 is 1.93 bits per heavy atom. The van der Waals surface area contributed by atoms with Crippen LogP contribution in [0.3, 0.4) is 0 Å². The number of hydrogen-bond donors (Lipinski definition) is 0. The first kappa shape index (κ1) is 11.7. The summed E-state index contributed by atoms with van der Waals surface area (Å²) >= 11 is 0. The van der Waals surface area contributed by atoms with E-state index < -0.39 is 12.3 Å². The van der Waals surface area contributed by atoms with Crippen molar-refractivity contribution in [2.75, 3.05) is 7.11 Å². The molecule has 2 nitrogen and oxygen atoms in total. The largest absolute Gasteiger partial charge is 0.418 e. The van der Waals surface area contributed by atoms with Gasteiger partial charge in [0.1, 0.15) is 6.29 Å². The lowest BCUT2D eigenvalue weighted by Crippen LogP contribution is -2.23. The van der Waals surface area contributed by atoms with E-state index in [4.69, 9.17) is 0 Å². The maximum absolute atomic E-state index is 12.5. The van der Waals surface area contributed by atoms with Crippen LogP contribution in [-0.2, 0) is 4.74 Å². The van der Waals surface area contributed by atoms with Crippen LogP contribution in [0.2, 0.25) is 0 Å². The second kappa shape index (κ2) is 4.44. The molecule has 0 amide bonds. The summed E-state index contributed by atoms with van der Waals surface area (Å²) < 4.78 is 41.8. The minimum Gasteiger partial charge on any atom is -0.367 e. The summed E-state index contributed by atoms with van der Waals surface area (Å²) in [6.45, 7) is 0. The maximum atomic E-state index is 12.5. The van der Waals surface area contributed by atoms with Gasteiger partial charge in [-0.15, -0.1) is 0 Å². The lowest BCUT2D eigenvalue weighted by atomic mass is 10.0. The van der Waals surface area contributed by atoms with Crippen LogP contribution in [0.15, 0.2) is 24.3 Å². The van der Waals surface area contributed by atoms with E-state index in [2.05, 4.69) is 4.74 Å². The summed E-state index contributed by atoms with van der Waals surface area (Å²) in [6, 6.07) is 5.47. The molecule has 0 radical (unpaired) electrons. The first-order valence-corrected chi connectivity index (χ1v) is 4.14. The van der Waals surface area contributed by atoms with E-state index in [1.165, 1.54) is 24.3 Å². The number of carbonyl (C=O) groups is 1. The molecule has 0 heterocycles. The molecule has 0 aliphatic carbocycles. The number of benzene rings is 1. The monoisotopic (exact) mass is 218 g/mol. The number of methoxy groups -OCH3 is 1. The van der Waals surface area contributed by atoms with Crippen LogP contribution in [0.4, 0.5) is 13.2 Å². The Labute approximate surface area is 84.7 Å². The van der Waals surface area contributed by atoms with Gasteiger partial charge < -0.3 is 4.74 Å². The van der Waals surface area contributed by atoms with Crippen LogP contribution in [0.1, 0.15) is 22.0 Å². The third-order valence-corrected chi connectivity index (χ3v) is 1.94. The average molecular weight is 218 g/mol. The molecule has 1 aromatic carbocycles. The Bertz CT molecular complexity index is 347. The first-order valence-electron chi connectivity index (χ1n) is 4.14. The van der Waals surface area contributed by atoms with Gasteiger partial charge in [-0.2, -0.15) is 13.2 Å². The van der Waals surface area contributed by atoms with Crippen LogP contribution >= 0.6 is 0 Å².